The lowest BCUT2D eigenvalue weighted by Gasteiger charge is -2.34. The van der Waals surface area contributed by atoms with Crippen LogP contribution < -0.4 is 10.1 Å². The van der Waals surface area contributed by atoms with E-state index in [0.717, 1.165) is 18.7 Å². The van der Waals surface area contributed by atoms with Crippen molar-refractivity contribution in [1.29, 1.82) is 0 Å². The topological polar surface area (TPSA) is 21.3 Å². The predicted octanol–water partition coefficient (Wildman–Crippen LogP) is 2.63. The molecular weight excluding hydrogens is 198 g/mol. The van der Waals surface area contributed by atoms with Crippen LogP contribution in [0.3, 0.4) is 0 Å². The van der Waals surface area contributed by atoms with Gasteiger partial charge in [-0.2, -0.15) is 0 Å². The summed E-state index contributed by atoms with van der Waals surface area (Å²) < 4.78 is 5.26. The fourth-order valence-electron chi connectivity index (χ4n) is 2.54. The van der Waals surface area contributed by atoms with Gasteiger partial charge in [-0.25, -0.2) is 0 Å². The molecule has 1 saturated heterocycles. The third kappa shape index (κ3) is 2.76. The first-order valence-corrected chi connectivity index (χ1v) is 6.06. The summed E-state index contributed by atoms with van der Waals surface area (Å²) in [6.07, 6.45) is 3.74. The zero-order chi connectivity index (χ0) is 11.4. The number of benzene rings is 1. The van der Waals surface area contributed by atoms with Crippen LogP contribution in [0.15, 0.2) is 24.3 Å². The number of rotatable bonds is 3. The predicted molar refractivity (Wildman–Crippen MR) is 66.9 cm³/mol. The molecular formula is C14H21NO. The smallest absolute Gasteiger partial charge is 0.119 e. The number of hydrogen-bond acceptors (Lipinski definition) is 2. The molecule has 2 rings (SSSR count). The number of hydrogen-bond donors (Lipinski definition) is 1. The van der Waals surface area contributed by atoms with Gasteiger partial charge in [-0.05, 0) is 48.9 Å². The van der Waals surface area contributed by atoms with Crippen molar-refractivity contribution in [1.82, 2.24) is 5.32 Å². The van der Waals surface area contributed by atoms with Crippen LogP contribution in [0.1, 0.15) is 25.3 Å². The Morgan fingerprint density at radius 2 is 2.31 bits per heavy atom. The molecule has 16 heavy (non-hydrogen) atoms. The van der Waals surface area contributed by atoms with Gasteiger partial charge in [-0.1, -0.05) is 19.1 Å². The number of nitrogens with one attached hydrogen (secondary N) is 1. The van der Waals surface area contributed by atoms with E-state index >= 15 is 0 Å². The third-order valence-corrected chi connectivity index (χ3v) is 3.45. The normalized spacial score (nSPS) is 25.4. The SMILES string of the molecule is COc1cccc(CC2(C)CCCNC2)c1. The fourth-order valence-corrected chi connectivity index (χ4v) is 2.54. The maximum atomic E-state index is 5.26. The number of piperidine rings is 1. The van der Waals surface area contributed by atoms with Crippen molar-refractivity contribution >= 4 is 0 Å². The van der Waals surface area contributed by atoms with Crippen LogP contribution in [0.2, 0.25) is 0 Å². The molecule has 2 nitrogen and oxygen atoms in total. The van der Waals surface area contributed by atoms with E-state index in [2.05, 4.69) is 30.4 Å². The molecule has 1 unspecified atom stereocenters. The van der Waals surface area contributed by atoms with Crippen LogP contribution in [0.25, 0.3) is 0 Å². The average Bonchev–Trinajstić information content (AvgIpc) is 2.29. The molecule has 0 aliphatic carbocycles. The lowest BCUT2D eigenvalue weighted by molar-refractivity contribution is 0.234. The van der Waals surface area contributed by atoms with Crippen molar-refractivity contribution < 1.29 is 4.74 Å². The molecule has 0 radical (unpaired) electrons. The molecule has 0 bridgehead atoms. The zero-order valence-corrected chi connectivity index (χ0v) is 10.3. The van der Waals surface area contributed by atoms with Gasteiger partial charge in [0, 0.05) is 6.54 Å². The van der Waals surface area contributed by atoms with Gasteiger partial charge in [-0.15, -0.1) is 0 Å². The van der Waals surface area contributed by atoms with E-state index in [1.165, 1.54) is 24.9 Å². The quantitative estimate of drug-likeness (QED) is 0.843. The van der Waals surface area contributed by atoms with Gasteiger partial charge in [0.15, 0.2) is 0 Å². The molecule has 1 aliphatic rings. The maximum Gasteiger partial charge on any atom is 0.119 e. The Balaban J connectivity index is 2.07. The summed E-state index contributed by atoms with van der Waals surface area (Å²) in [5.41, 5.74) is 1.79. The van der Waals surface area contributed by atoms with Gasteiger partial charge in [0.2, 0.25) is 0 Å². The molecule has 1 fully saturated rings. The van der Waals surface area contributed by atoms with E-state index < -0.39 is 0 Å². The van der Waals surface area contributed by atoms with Gasteiger partial charge in [-0.3, -0.25) is 0 Å². The Labute approximate surface area is 98.0 Å². The highest BCUT2D eigenvalue weighted by atomic mass is 16.5. The molecule has 88 valence electrons. The highest BCUT2D eigenvalue weighted by molar-refractivity contribution is 5.29. The van der Waals surface area contributed by atoms with Crippen molar-refractivity contribution in [3.63, 3.8) is 0 Å². The summed E-state index contributed by atoms with van der Waals surface area (Å²) >= 11 is 0. The van der Waals surface area contributed by atoms with Crippen molar-refractivity contribution in [2.45, 2.75) is 26.2 Å². The largest absolute Gasteiger partial charge is 0.497 e. The molecule has 0 spiro atoms. The molecule has 1 N–H and O–H groups in total. The second-order valence-electron chi connectivity index (χ2n) is 5.12. The zero-order valence-electron chi connectivity index (χ0n) is 10.3. The molecule has 0 amide bonds. The minimum absolute atomic E-state index is 0.407. The highest BCUT2D eigenvalue weighted by Crippen LogP contribution is 2.30. The highest BCUT2D eigenvalue weighted by Gasteiger charge is 2.26. The monoisotopic (exact) mass is 219 g/mol. The third-order valence-electron chi connectivity index (χ3n) is 3.45. The molecule has 1 aliphatic heterocycles. The Bertz CT molecular complexity index is 342. The molecule has 0 saturated carbocycles. The van der Waals surface area contributed by atoms with Crippen molar-refractivity contribution in [2.24, 2.45) is 5.41 Å². The summed E-state index contributed by atoms with van der Waals surface area (Å²) in [4.78, 5) is 0. The second-order valence-corrected chi connectivity index (χ2v) is 5.12. The summed E-state index contributed by atoms with van der Waals surface area (Å²) in [5, 5.41) is 3.49. The van der Waals surface area contributed by atoms with Gasteiger partial charge in [0.25, 0.3) is 0 Å². The Hall–Kier alpha value is -1.02. The first kappa shape index (κ1) is 11.5. The van der Waals surface area contributed by atoms with Crippen LogP contribution >= 0.6 is 0 Å². The summed E-state index contributed by atoms with van der Waals surface area (Å²) in [5.74, 6) is 0.963. The van der Waals surface area contributed by atoms with E-state index in [0.29, 0.717) is 5.41 Å². The van der Waals surface area contributed by atoms with Gasteiger partial charge < -0.3 is 10.1 Å². The van der Waals surface area contributed by atoms with E-state index in [9.17, 15) is 0 Å². The second kappa shape index (κ2) is 4.88. The minimum atomic E-state index is 0.407. The average molecular weight is 219 g/mol. The van der Waals surface area contributed by atoms with E-state index in [1.807, 2.05) is 6.07 Å². The first-order chi connectivity index (χ1) is 7.72. The molecule has 1 aromatic rings. The molecule has 0 aromatic heterocycles. The number of ether oxygens (including phenoxy) is 1. The van der Waals surface area contributed by atoms with Crippen molar-refractivity contribution in [3.05, 3.63) is 29.8 Å². The van der Waals surface area contributed by atoms with Crippen LogP contribution in [0, 0.1) is 5.41 Å². The Morgan fingerprint density at radius 3 is 3.00 bits per heavy atom. The summed E-state index contributed by atoms with van der Waals surface area (Å²) in [7, 11) is 1.73. The van der Waals surface area contributed by atoms with Crippen molar-refractivity contribution in [3.8, 4) is 5.75 Å². The minimum Gasteiger partial charge on any atom is -0.497 e. The summed E-state index contributed by atoms with van der Waals surface area (Å²) in [6.45, 7) is 4.68. The Morgan fingerprint density at radius 1 is 1.44 bits per heavy atom. The molecule has 1 heterocycles. The van der Waals surface area contributed by atoms with Crippen LogP contribution in [-0.4, -0.2) is 20.2 Å². The van der Waals surface area contributed by atoms with Crippen LogP contribution in [0.4, 0.5) is 0 Å². The standard InChI is InChI=1S/C14H21NO/c1-14(7-4-8-15-11-14)10-12-5-3-6-13(9-12)16-2/h3,5-6,9,15H,4,7-8,10-11H2,1-2H3. The van der Waals surface area contributed by atoms with Gasteiger partial charge in [0.05, 0.1) is 7.11 Å². The van der Waals surface area contributed by atoms with E-state index in [4.69, 9.17) is 4.74 Å². The summed E-state index contributed by atoms with van der Waals surface area (Å²) in [6, 6.07) is 8.43. The Kier molecular flexibility index (Phi) is 3.49. The first-order valence-electron chi connectivity index (χ1n) is 6.06. The van der Waals surface area contributed by atoms with E-state index in [-0.39, 0.29) is 0 Å². The lowest BCUT2D eigenvalue weighted by Crippen LogP contribution is -2.39. The van der Waals surface area contributed by atoms with Crippen LogP contribution in [-0.2, 0) is 6.42 Å². The van der Waals surface area contributed by atoms with E-state index in [1.54, 1.807) is 7.11 Å². The van der Waals surface area contributed by atoms with Gasteiger partial charge >= 0.3 is 0 Å². The lowest BCUT2D eigenvalue weighted by atomic mass is 9.78. The molecule has 2 heteroatoms. The number of methoxy groups -OCH3 is 1. The molecule has 1 aromatic carbocycles. The van der Waals surface area contributed by atoms with Crippen LogP contribution in [0.5, 0.6) is 5.75 Å². The molecule has 1 atom stereocenters. The fraction of sp³-hybridized carbons (Fsp3) is 0.571. The van der Waals surface area contributed by atoms with Gasteiger partial charge in [0.1, 0.15) is 5.75 Å². The van der Waals surface area contributed by atoms with Crippen molar-refractivity contribution in [2.75, 3.05) is 20.2 Å². The maximum absolute atomic E-state index is 5.26.